The average Bonchev–Trinajstić information content (AvgIpc) is 2.97. The third kappa shape index (κ3) is 3.76. The van der Waals surface area contributed by atoms with E-state index in [1.165, 1.54) is 0 Å². The Bertz CT molecular complexity index is 888. The van der Waals surface area contributed by atoms with E-state index in [0.29, 0.717) is 18.7 Å². The minimum Gasteiger partial charge on any atom is -0.331 e. The largest absolute Gasteiger partial charge is 0.331 e. The summed E-state index contributed by atoms with van der Waals surface area (Å²) in [4.78, 5) is 19.6. The van der Waals surface area contributed by atoms with Crippen LogP contribution in [0.5, 0.6) is 0 Å². The first-order valence-corrected chi connectivity index (χ1v) is 9.42. The summed E-state index contributed by atoms with van der Waals surface area (Å²) in [5.74, 6) is 0.971. The normalized spacial score (nSPS) is 11.0. The Labute approximate surface area is 156 Å². The molecule has 0 N–H and O–H groups in total. The third-order valence-electron chi connectivity index (χ3n) is 4.23. The molecular formula is C20H22BrN3O. The Morgan fingerprint density at radius 1 is 1.16 bits per heavy atom. The predicted molar refractivity (Wildman–Crippen MR) is 105 cm³/mol. The van der Waals surface area contributed by atoms with Gasteiger partial charge in [-0.1, -0.05) is 41.1 Å². The fraction of sp³-hybridized carbons (Fsp3) is 0.300. The van der Waals surface area contributed by atoms with Crippen molar-refractivity contribution in [3.8, 4) is 0 Å². The molecule has 0 radical (unpaired) electrons. The van der Waals surface area contributed by atoms with Crippen molar-refractivity contribution < 1.29 is 4.79 Å². The standard InChI is InChI=1S/C20H22BrN3O/c1-3-12-23(20(25)15-8-7-9-16(21)13-15)14-19-22-17-10-5-6-11-18(17)24(19)4-2/h5-11,13H,3-4,12,14H2,1-2H3. The quantitative estimate of drug-likeness (QED) is 0.592. The van der Waals surface area contributed by atoms with Crippen LogP contribution in [0, 0.1) is 0 Å². The number of halogens is 1. The van der Waals surface area contributed by atoms with Crippen molar-refractivity contribution >= 4 is 32.9 Å². The Morgan fingerprint density at radius 2 is 1.96 bits per heavy atom. The molecule has 3 rings (SSSR count). The Hall–Kier alpha value is -2.14. The lowest BCUT2D eigenvalue weighted by atomic mass is 10.2. The smallest absolute Gasteiger partial charge is 0.254 e. The SMILES string of the molecule is CCCN(Cc1nc2ccccc2n1CC)C(=O)c1cccc(Br)c1. The van der Waals surface area contributed by atoms with Gasteiger partial charge in [0.05, 0.1) is 17.6 Å². The first-order valence-electron chi connectivity index (χ1n) is 8.63. The van der Waals surface area contributed by atoms with Crippen LogP contribution in [-0.4, -0.2) is 26.9 Å². The van der Waals surface area contributed by atoms with Gasteiger partial charge in [0, 0.05) is 23.1 Å². The zero-order valence-electron chi connectivity index (χ0n) is 14.6. The zero-order valence-corrected chi connectivity index (χ0v) is 16.2. The minimum absolute atomic E-state index is 0.0397. The van der Waals surface area contributed by atoms with Crippen molar-refractivity contribution in [2.45, 2.75) is 33.4 Å². The highest BCUT2D eigenvalue weighted by molar-refractivity contribution is 9.10. The van der Waals surface area contributed by atoms with Crippen LogP contribution >= 0.6 is 15.9 Å². The number of fused-ring (bicyclic) bond motifs is 1. The fourth-order valence-corrected chi connectivity index (χ4v) is 3.50. The summed E-state index contributed by atoms with van der Waals surface area (Å²) in [5.41, 5.74) is 2.79. The van der Waals surface area contributed by atoms with Crippen LogP contribution < -0.4 is 0 Å². The molecule has 0 saturated carbocycles. The Balaban J connectivity index is 1.93. The lowest BCUT2D eigenvalue weighted by Crippen LogP contribution is -2.32. The monoisotopic (exact) mass is 399 g/mol. The maximum Gasteiger partial charge on any atom is 0.254 e. The summed E-state index contributed by atoms with van der Waals surface area (Å²) in [7, 11) is 0. The van der Waals surface area contributed by atoms with Crippen LogP contribution in [0.25, 0.3) is 11.0 Å². The zero-order chi connectivity index (χ0) is 17.8. The number of aryl methyl sites for hydroxylation is 1. The summed E-state index contributed by atoms with van der Waals surface area (Å²) >= 11 is 3.44. The van der Waals surface area contributed by atoms with Gasteiger partial charge in [-0.2, -0.15) is 0 Å². The lowest BCUT2D eigenvalue weighted by Gasteiger charge is -2.22. The molecule has 25 heavy (non-hydrogen) atoms. The second-order valence-electron chi connectivity index (χ2n) is 6.00. The van der Waals surface area contributed by atoms with Gasteiger partial charge in [0.25, 0.3) is 5.91 Å². The predicted octanol–water partition coefficient (Wildman–Crippen LogP) is 4.87. The van der Waals surface area contributed by atoms with Crippen LogP contribution in [-0.2, 0) is 13.1 Å². The van der Waals surface area contributed by atoms with E-state index in [2.05, 4.69) is 40.4 Å². The third-order valence-corrected chi connectivity index (χ3v) is 4.73. The first-order chi connectivity index (χ1) is 12.1. The summed E-state index contributed by atoms with van der Waals surface area (Å²) in [6, 6.07) is 15.7. The van der Waals surface area contributed by atoms with Crippen molar-refractivity contribution in [3.63, 3.8) is 0 Å². The number of carbonyl (C=O) groups excluding carboxylic acids is 1. The maximum absolute atomic E-state index is 13.0. The maximum atomic E-state index is 13.0. The summed E-state index contributed by atoms with van der Waals surface area (Å²) in [5, 5.41) is 0. The van der Waals surface area contributed by atoms with E-state index in [9.17, 15) is 4.79 Å². The number of nitrogens with zero attached hydrogens (tertiary/aromatic N) is 3. The van der Waals surface area contributed by atoms with Crippen molar-refractivity contribution in [3.05, 3.63) is 64.4 Å². The number of hydrogen-bond donors (Lipinski definition) is 0. The molecule has 1 amide bonds. The van der Waals surface area contributed by atoms with Crippen molar-refractivity contribution in [2.24, 2.45) is 0 Å². The van der Waals surface area contributed by atoms with E-state index >= 15 is 0 Å². The average molecular weight is 400 g/mol. The van der Waals surface area contributed by atoms with Gasteiger partial charge in [-0.05, 0) is 43.7 Å². The molecule has 2 aromatic carbocycles. The molecule has 0 spiro atoms. The van der Waals surface area contributed by atoms with Gasteiger partial charge in [-0.15, -0.1) is 0 Å². The van der Waals surface area contributed by atoms with Crippen LogP contribution in [0.1, 0.15) is 36.5 Å². The van der Waals surface area contributed by atoms with Crippen LogP contribution in [0.2, 0.25) is 0 Å². The minimum atomic E-state index is 0.0397. The summed E-state index contributed by atoms with van der Waals surface area (Å²) in [6.07, 6.45) is 0.909. The van der Waals surface area contributed by atoms with Gasteiger partial charge in [-0.3, -0.25) is 4.79 Å². The number of aromatic nitrogens is 2. The van der Waals surface area contributed by atoms with Crippen LogP contribution in [0.3, 0.4) is 0 Å². The second-order valence-corrected chi connectivity index (χ2v) is 6.91. The Kier molecular flexibility index (Phi) is 5.53. The van der Waals surface area contributed by atoms with E-state index < -0.39 is 0 Å². The molecule has 0 atom stereocenters. The van der Waals surface area contributed by atoms with Crippen molar-refractivity contribution in [1.29, 1.82) is 0 Å². The van der Waals surface area contributed by atoms with E-state index in [-0.39, 0.29) is 5.91 Å². The molecule has 0 bridgehead atoms. The van der Waals surface area contributed by atoms with E-state index in [1.807, 2.05) is 47.4 Å². The molecule has 3 aromatic rings. The number of imidazole rings is 1. The fourth-order valence-electron chi connectivity index (χ4n) is 3.10. The van der Waals surface area contributed by atoms with Gasteiger partial charge in [0.15, 0.2) is 0 Å². The molecule has 5 heteroatoms. The molecule has 0 aliphatic heterocycles. The van der Waals surface area contributed by atoms with Crippen molar-refractivity contribution in [2.75, 3.05) is 6.54 Å². The molecule has 0 fully saturated rings. The highest BCUT2D eigenvalue weighted by atomic mass is 79.9. The Morgan fingerprint density at radius 3 is 2.68 bits per heavy atom. The number of benzene rings is 2. The topological polar surface area (TPSA) is 38.1 Å². The first kappa shape index (κ1) is 17.7. The molecule has 130 valence electrons. The van der Waals surface area contributed by atoms with Crippen LogP contribution in [0.15, 0.2) is 53.0 Å². The van der Waals surface area contributed by atoms with E-state index in [4.69, 9.17) is 4.98 Å². The summed E-state index contributed by atoms with van der Waals surface area (Å²) < 4.78 is 3.10. The lowest BCUT2D eigenvalue weighted by molar-refractivity contribution is 0.0737. The van der Waals surface area contributed by atoms with Gasteiger partial charge >= 0.3 is 0 Å². The number of carbonyl (C=O) groups is 1. The van der Waals surface area contributed by atoms with Gasteiger partial charge in [0.1, 0.15) is 5.82 Å². The molecule has 1 aromatic heterocycles. The second kappa shape index (κ2) is 7.83. The number of amides is 1. The number of rotatable bonds is 6. The molecule has 0 aliphatic carbocycles. The molecule has 0 saturated heterocycles. The molecule has 0 unspecified atom stereocenters. The molecule has 1 heterocycles. The van der Waals surface area contributed by atoms with Gasteiger partial charge in [0.2, 0.25) is 0 Å². The molecule has 4 nitrogen and oxygen atoms in total. The van der Waals surface area contributed by atoms with E-state index in [1.54, 1.807) is 0 Å². The summed E-state index contributed by atoms with van der Waals surface area (Å²) in [6.45, 7) is 6.25. The van der Waals surface area contributed by atoms with Gasteiger partial charge in [-0.25, -0.2) is 4.98 Å². The molecule has 0 aliphatic rings. The van der Waals surface area contributed by atoms with Gasteiger partial charge < -0.3 is 9.47 Å². The number of hydrogen-bond acceptors (Lipinski definition) is 2. The van der Waals surface area contributed by atoms with Crippen molar-refractivity contribution in [1.82, 2.24) is 14.5 Å². The van der Waals surface area contributed by atoms with E-state index in [0.717, 1.165) is 34.3 Å². The number of para-hydroxylation sites is 2. The highest BCUT2D eigenvalue weighted by Gasteiger charge is 2.19. The molecular weight excluding hydrogens is 378 g/mol. The van der Waals surface area contributed by atoms with Crippen LogP contribution in [0.4, 0.5) is 0 Å². The highest BCUT2D eigenvalue weighted by Crippen LogP contribution is 2.19.